The van der Waals surface area contributed by atoms with E-state index in [4.69, 9.17) is 14.7 Å². The van der Waals surface area contributed by atoms with Gasteiger partial charge in [0.25, 0.3) is 0 Å². The van der Waals surface area contributed by atoms with Crippen molar-refractivity contribution in [2.45, 2.75) is 67.4 Å². The van der Waals surface area contributed by atoms with Crippen molar-refractivity contribution < 1.29 is 4.74 Å². The molecule has 4 heteroatoms. The Kier molecular flexibility index (Phi) is 6.59. The molecule has 0 saturated heterocycles. The number of aryl methyl sites for hydroxylation is 1. The van der Waals surface area contributed by atoms with Gasteiger partial charge in [-0.2, -0.15) is 0 Å². The van der Waals surface area contributed by atoms with Crippen LogP contribution in [0.1, 0.15) is 71.1 Å². The van der Waals surface area contributed by atoms with Crippen molar-refractivity contribution in [1.29, 1.82) is 0 Å². The van der Waals surface area contributed by atoms with Gasteiger partial charge < -0.3 is 10.1 Å². The number of hydrogen-bond acceptors (Lipinski definition) is 4. The molecule has 0 aliphatic rings. The number of nitrogens with zero attached hydrogens (tertiary/aromatic N) is 2. The second kappa shape index (κ2) is 7.74. The molecular formula is C17H31N3O. The zero-order valence-corrected chi connectivity index (χ0v) is 14.7. The van der Waals surface area contributed by atoms with Gasteiger partial charge in [0.15, 0.2) is 5.82 Å². The Morgan fingerprint density at radius 2 is 1.81 bits per heavy atom. The van der Waals surface area contributed by atoms with E-state index in [1.807, 2.05) is 6.92 Å². The molecule has 0 saturated carbocycles. The lowest BCUT2D eigenvalue weighted by atomic mass is 9.88. The summed E-state index contributed by atoms with van der Waals surface area (Å²) in [6.45, 7) is 16.5. The van der Waals surface area contributed by atoms with Crippen LogP contribution in [0.2, 0.25) is 0 Å². The molecule has 1 heterocycles. The lowest BCUT2D eigenvalue weighted by Crippen LogP contribution is -2.25. The highest BCUT2D eigenvalue weighted by molar-refractivity contribution is 5.46. The summed E-state index contributed by atoms with van der Waals surface area (Å²) in [5, 5.41) is 3.42. The molecule has 120 valence electrons. The Balaban J connectivity index is 3.26. The SMILES string of the molecule is CCCNc1nc(C(OCC)C(C)(C)C)nc(CC)c1C. The van der Waals surface area contributed by atoms with Crippen LogP contribution in [0.5, 0.6) is 0 Å². The number of nitrogens with one attached hydrogen (secondary N) is 1. The molecule has 1 aromatic rings. The van der Waals surface area contributed by atoms with Crippen LogP contribution in [-0.4, -0.2) is 23.1 Å². The summed E-state index contributed by atoms with van der Waals surface area (Å²) in [5.41, 5.74) is 2.23. The first kappa shape index (κ1) is 17.9. The summed E-state index contributed by atoms with van der Waals surface area (Å²) in [7, 11) is 0. The minimum atomic E-state index is -0.0874. The lowest BCUT2D eigenvalue weighted by molar-refractivity contribution is -0.0191. The van der Waals surface area contributed by atoms with Gasteiger partial charge in [0.2, 0.25) is 0 Å². The fraction of sp³-hybridized carbons (Fsp3) is 0.765. The molecule has 0 aromatic carbocycles. The van der Waals surface area contributed by atoms with Crippen molar-refractivity contribution in [3.63, 3.8) is 0 Å². The first-order chi connectivity index (χ1) is 9.85. The van der Waals surface area contributed by atoms with Gasteiger partial charge in [-0.1, -0.05) is 34.6 Å². The van der Waals surface area contributed by atoms with E-state index >= 15 is 0 Å². The number of rotatable bonds is 7. The van der Waals surface area contributed by atoms with E-state index in [0.717, 1.165) is 42.3 Å². The third kappa shape index (κ3) is 4.67. The minimum Gasteiger partial charge on any atom is -0.370 e. The van der Waals surface area contributed by atoms with Crippen molar-refractivity contribution in [2.24, 2.45) is 5.41 Å². The first-order valence-corrected chi connectivity index (χ1v) is 8.07. The molecule has 1 rings (SSSR count). The summed E-state index contributed by atoms with van der Waals surface area (Å²) in [6, 6.07) is 0. The number of ether oxygens (including phenoxy) is 1. The molecular weight excluding hydrogens is 262 g/mol. The summed E-state index contributed by atoms with van der Waals surface area (Å²) < 4.78 is 5.94. The lowest BCUT2D eigenvalue weighted by Gasteiger charge is -2.30. The maximum Gasteiger partial charge on any atom is 0.160 e. The van der Waals surface area contributed by atoms with Gasteiger partial charge in [-0.15, -0.1) is 0 Å². The maximum atomic E-state index is 5.94. The summed E-state index contributed by atoms with van der Waals surface area (Å²) in [6.07, 6.45) is 1.90. The molecule has 0 aliphatic carbocycles. The Bertz CT molecular complexity index is 452. The second-order valence-electron chi connectivity index (χ2n) is 6.48. The highest BCUT2D eigenvalue weighted by Gasteiger charge is 2.30. The Morgan fingerprint density at radius 3 is 2.29 bits per heavy atom. The van der Waals surface area contributed by atoms with Crippen LogP contribution in [0, 0.1) is 12.3 Å². The van der Waals surface area contributed by atoms with Gasteiger partial charge in [-0.3, -0.25) is 0 Å². The quantitative estimate of drug-likeness (QED) is 0.814. The van der Waals surface area contributed by atoms with Crippen LogP contribution < -0.4 is 5.32 Å². The highest BCUT2D eigenvalue weighted by atomic mass is 16.5. The van der Waals surface area contributed by atoms with Crippen LogP contribution in [0.25, 0.3) is 0 Å². The monoisotopic (exact) mass is 293 g/mol. The van der Waals surface area contributed by atoms with Crippen molar-refractivity contribution >= 4 is 5.82 Å². The first-order valence-electron chi connectivity index (χ1n) is 8.07. The maximum absolute atomic E-state index is 5.94. The predicted molar refractivity (Wildman–Crippen MR) is 88.7 cm³/mol. The fourth-order valence-electron chi connectivity index (χ4n) is 2.34. The Morgan fingerprint density at radius 1 is 1.14 bits per heavy atom. The Hall–Kier alpha value is -1.16. The third-order valence-electron chi connectivity index (χ3n) is 3.50. The number of anilines is 1. The summed E-state index contributed by atoms with van der Waals surface area (Å²) in [4.78, 5) is 9.53. The van der Waals surface area contributed by atoms with Gasteiger partial charge in [-0.25, -0.2) is 9.97 Å². The Labute approximate surface area is 129 Å². The van der Waals surface area contributed by atoms with E-state index in [9.17, 15) is 0 Å². The molecule has 0 spiro atoms. The largest absolute Gasteiger partial charge is 0.370 e. The van der Waals surface area contributed by atoms with Crippen LogP contribution in [0.15, 0.2) is 0 Å². The second-order valence-corrected chi connectivity index (χ2v) is 6.48. The topological polar surface area (TPSA) is 47.0 Å². The summed E-state index contributed by atoms with van der Waals surface area (Å²) in [5.74, 6) is 1.75. The number of aromatic nitrogens is 2. The zero-order valence-electron chi connectivity index (χ0n) is 14.7. The molecule has 1 aromatic heterocycles. The fourth-order valence-corrected chi connectivity index (χ4v) is 2.34. The molecule has 0 fully saturated rings. The van der Waals surface area contributed by atoms with Gasteiger partial charge in [-0.05, 0) is 32.1 Å². The van der Waals surface area contributed by atoms with E-state index in [1.54, 1.807) is 0 Å². The van der Waals surface area contributed by atoms with Crippen molar-refractivity contribution in [3.8, 4) is 0 Å². The van der Waals surface area contributed by atoms with Crippen LogP contribution >= 0.6 is 0 Å². The zero-order chi connectivity index (χ0) is 16.0. The van der Waals surface area contributed by atoms with Crippen molar-refractivity contribution in [3.05, 3.63) is 17.1 Å². The smallest absolute Gasteiger partial charge is 0.160 e. The van der Waals surface area contributed by atoms with Crippen LogP contribution in [0.3, 0.4) is 0 Å². The molecule has 0 amide bonds. The van der Waals surface area contributed by atoms with E-state index < -0.39 is 0 Å². The van der Waals surface area contributed by atoms with E-state index in [0.29, 0.717) is 6.61 Å². The average Bonchev–Trinajstić information content (AvgIpc) is 2.42. The predicted octanol–water partition coefficient (Wildman–Crippen LogP) is 4.29. The highest BCUT2D eigenvalue weighted by Crippen LogP contribution is 2.35. The van der Waals surface area contributed by atoms with Crippen molar-refractivity contribution in [2.75, 3.05) is 18.5 Å². The third-order valence-corrected chi connectivity index (χ3v) is 3.50. The van der Waals surface area contributed by atoms with E-state index in [-0.39, 0.29) is 11.5 Å². The van der Waals surface area contributed by atoms with E-state index in [2.05, 4.69) is 46.9 Å². The molecule has 0 aliphatic heterocycles. The minimum absolute atomic E-state index is 0.0295. The van der Waals surface area contributed by atoms with E-state index in [1.165, 1.54) is 0 Å². The molecule has 0 radical (unpaired) electrons. The molecule has 1 unspecified atom stereocenters. The van der Waals surface area contributed by atoms with Gasteiger partial charge in [0.05, 0.1) is 0 Å². The average molecular weight is 293 g/mol. The van der Waals surface area contributed by atoms with Gasteiger partial charge in [0, 0.05) is 24.4 Å². The van der Waals surface area contributed by atoms with Gasteiger partial charge in [0.1, 0.15) is 11.9 Å². The molecule has 1 N–H and O–H groups in total. The molecule has 0 bridgehead atoms. The molecule has 4 nitrogen and oxygen atoms in total. The van der Waals surface area contributed by atoms with Crippen LogP contribution in [-0.2, 0) is 11.2 Å². The normalized spacial score (nSPS) is 13.3. The summed E-state index contributed by atoms with van der Waals surface area (Å²) >= 11 is 0. The number of hydrogen-bond donors (Lipinski definition) is 1. The molecule has 21 heavy (non-hydrogen) atoms. The standard InChI is InChI=1S/C17H31N3O/c1-8-11-18-15-12(4)13(9-2)19-16(20-15)14(21-10-3)17(5,6)7/h14H,8-11H2,1-7H3,(H,18,19,20). The van der Waals surface area contributed by atoms with Gasteiger partial charge >= 0.3 is 0 Å². The van der Waals surface area contributed by atoms with Crippen molar-refractivity contribution in [1.82, 2.24) is 9.97 Å². The molecule has 1 atom stereocenters. The van der Waals surface area contributed by atoms with Crippen LogP contribution in [0.4, 0.5) is 5.82 Å².